The third-order valence-corrected chi connectivity index (χ3v) is 4.67. The number of aromatic nitrogens is 2. The topological polar surface area (TPSA) is 99.2 Å². The number of primary amides is 1. The number of halogens is 1. The van der Waals surface area contributed by atoms with E-state index in [4.69, 9.17) is 10.5 Å². The van der Waals surface area contributed by atoms with E-state index >= 15 is 0 Å². The Hall–Kier alpha value is -4.46. The number of carbonyl (C=O) groups excluding carboxylic acids is 2. The molecule has 1 heterocycles. The van der Waals surface area contributed by atoms with Gasteiger partial charge in [0.25, 0.3) is 11.8 Å². The van der Waals surface area contributed by atoms with Crippen LogP contribution >= 0.6 is 0 Å². The molecule has 4 rings (SSSR count). The first-order chi connectivity index (χ1) is 15.5. The van der Waals surface area contributed by atoms with E-state index in [0.717, 1.165) is 5.56 Å². The van der Waals surface area contributed by atoms with Gasteiger partial charge in [0.05, 0.1) is 11.3 Å². The summed E-state index contributed by atoms with van der Waals surface area (Å²) in [4.78, 5) is 24.0. The van der Waals surface area contributed by atoms with E-state index in [2.05, 4.69) is 10.4 Å². The highest BCUT2D eigenvalue weighted by Crippen LogP contribution is 2.22. The van der Waals surface area contributed by atoms with Crippen molar-refractivity contribution < 1.29 is 18.7 Å². The standard InChI is InChI=1S/C24H19FN4O3/c25-17-7-5-16(6-8-17)15-32-22-4-2-1-3-20(22)24(31)27-18-9-11-19(12-10-18)29-14-13-21(28-29)23(26)30/h1-14H,15H2,(H2,26,30)(H,27,31). The van der Waals surface area contributed by atoms with Gasteiger partial charge in [-0.05, 0) is 60.2 Å². The van der Waals surface area contributed by atoms with Crippen LogP contribution in [0.15, 0.2) is 85.1 Å². The highest BCUT2D eigenvalue weighted by Gasteiger charge is 2.13. The quantitative estimate of drug-likeness (QED) is 0.464. The Morgan fingerprint density at radius 2 is 1.69 bits per heavy atom. The molecule has 1 aromatic heterocycles. The molecular weight excluding hydrogens is 411 g/mol. The number of hydrogen-bond donors (Lipinski definition) is 2. The molecule has 0 spiro atoms. The summed E-state index contributed by atoms with van der Waals surface area (Å²) in [6.45, 7) is 0.205. The average molecular weight is 430 g/mol. The molecule has 0 radical (unpaired) electrons. The zero-order chi connectivity index (χ0) is 22.5. The van der Waals surface area contributed by atoms with E-state index in [1.165, 1.54) is 22.9 Å². The van der Waals surface area contributed by atoms with Gasteiger partial charge in [0.15, 0.2) is 0 Å². The fourth-order valence-electron chi connectivity index (χ4n) is 3.02. The van der Waals surface area contributed by atoms with Crippen LogP contribution in [0.3, 0.4) is 0 Å². The largest absolute Gasteiger partial charge is 0.488 e. The van der Waals surface area contributed by atoms with Gasteiger partial charge in [-0.1, -0.05) is 24.3 Å². The number of anilines is 1. The number of ether oxygens (including phenoxy) is 1. The van der Waals surface area contributed by atoms with Crippen molar-refractivity contribution in [3.8, 4) is 11.4 Å². The number of carbonyl (C=O) groups is 2. The summed E-state index contributed by atoms with van der Waals surface area (Å²) in [5.74, 6) is -0.836. The third kappa shape index (κ3) is 4.81. The van der Waals surface area contributed by atoms with Crippen molar-refractivity contribution >= 4 is 17.5 Å². The van der Waals surface area contributed by atoms with Gasteiger partial charge in [-0.25, -0.2) is 9.07 Å². The summed E-state index contributed by atoms with van der Waals surface area (Å²) in [7, 11) is 0. The lowest BCUT2D eigenvalue weighted by atomic mass is 10.1. The van der Waals surface area contributed by atoms with Crippen LogP contribution in [0.25, 0.3) is 5.69 Å². The Labute approximate surface area is 183 Å². The molecule has 3 N–H and O–H groups in total. The number of benzene rings is 3. The van der Waals surface area contributed by atoms with Gasteiger partial charge in [-0.15, -0.1) is 0 Å². The van der Waals surface area contributed by atoms with E-state index < -0.39 is 5.91 Å². The summed E-state index contributed by atoms with van der Waals surface area (Å²) in [6.07, 6.45) is 1.63. The number of para-hydroxylation sites is 1. The summed E-state index contributed by atoms with van der Waals surface area (Å²) < 4.78 is 20.4. The van der Waals surface area contributed by atoms with E-state index in [-0.39, 0.29) is 24.0 Å². The van der Waals surface area contributed by atoms with Crippen LogP contribution in [0.5, 0.6) is 5.75 Å². The second-order valence-electron chi connectivity index (χ2n) is 6.92. The van der Waals surface area contributed by atoms with Gasteiger partial charge < -0.3 is 15.8 Å². The molecule has 0 aliphatic carbocycles. The Morgan fingerprint density at radius 1 is 0.969 bits per heavy atom. The lowest BCUT2D eigenvalue weighted by Gasteiger charge is -2.12. The van der Waals surface area contributed by atoms with Crippen LogP contribution in [0.1, 0.15) is 26.4 Å². The highest BCUT2D eigenvalue weighted by atomic mass is 19.1. The van der Waals surface area contributed by atoms with Crippen molar-refractivity contribution in [1.82, 2.24) is 9.78 Å². The molecule has 8 heteroatoms. The fourth-order valence-corrected chi connectivity index (χ4v) is 3.02. The van der Waals surface area contributed by atoms with Crippen LogP contribution in [0.4, 0.5) is 10.1 Å². The van der Waals surface area contributed by atoms with E-state index in [1.54, 1.807) is 66.9 Å². The monoisotopic (exact) mass is 430 g/mol. The molecule has 160 valence electrons. The normalized spacial score (nSPS) is 10.5. The van der Waals surface area contributed by atoms with Gasteiger partial charge in [0.1, 0.15) is 23.9 Å². The first-order valence-electron chi connectivity index (χ1n) is 9.73. The minimum absolute atomic E-state index is 0.166. The third-order valence-electron chi connectivity index (χ3n) is 4.67. The summed E-state index contributed by atoms with van der Waals surface area (Å²) in [6, 6.07) is 21.4. The molecule has 0 aliphatic heterocycles. The maximum absolute atomic E-state index is 13.1. The van der Waals surface area contributed by atoms with Gasteiger partial charge in [-0.2, -0.15) is 5.10 Å². The Balaban J connectivity index is 1.44. The number of hydrogen-bond acceptors (Lipinski definition) is 4. The Morgan fingerprint density at radius 3 is 2.38 bits per heavy atom. The van der Waals surface area contributed by atoms with Crippen molar-refractivity contribution in [3.63, 3.8) is 0 Å². The molecule has 3 aromatic carbocycles. The lowest BCUT2D eigenvalue weighted by molar-refractivity contribution is 0.0992. The Bertz CT molecular complexity index is 1250. The average Bonchev–Trinajstić information content (AvgIpc) is 3.30. The number of nitrogens with zero attached hydrogens (tertiary/aromatic N) is 2. The molecule has 7 nitrogen and oxygen atoms in total. The van der Waals surface area contributed by atoms with Gasteiger partial charge in [-0.3, -0.25) is 9.59 Å². The SMILES string of the molecule is NC(=O)c1ccn(-c2ccc(NC(=O)c3ccccc3OCc3ccc(F)cc3)cc2)n1. The Kier molecular flexibility index (Phi) is 5.94. The van der Waals surface area contributed by atoms with E-state index in [0.29, 0.717) is 22.7 Å². The van der Waals surface area contributed by atoms with Crippen LogP contribution in [0.2, 0.25) is 0 Å². The van der Waals surface area contributed by atoms with E-state index in [1.807, 2.05) is 0 Å². The zero-order valence-electron chi connectivity index (χ0n) is 16.9. The molecule has 0 bridgehead atoms. The molecule has 4 aromatic rings. The summed E-state index contributed by atoms with van der Waals surface area (Å²) >= 11 is 0. The predicted octanol–water partition coefficient (Wildman–Crippen LogP) is 3.94. The van der Waals surface area contributed by atoms with Gasteiger partial charge in [0.2, 0.25) is 0 Å². The number of nitrogens with two attached hydrogens (primary N) is 1. The molecule has 32 heavy (non-hydrogen) atoms. The highest BCUT2D eigenvalue weighted by molar-refractivity contribution is 6.06. The van der Waals surface area contributed by atoms with E-state index in [9.17, 15) is 14.0 Å². The second kappa shape index (κ2) is 9.13. The maximum atomic E-state index is 13.1. The minimum atomic E-state index is -0.604. The van der Waals surface area contributed by atoms with Crippen molar-refractivity contribution in [3.05, 3.63) is 108 Å². The number of rotatable bonds is 7. The first kappa shape index (κ1) is 20.8. The first-order valence-corrected chi connectivity index (χ1v) is 9.73. The van der Waals surface area contributed by atoms with Crippen molar-refractivity contribution in [2.24, 2.45) is 5.73 Å². The number of amides is 2. The summed E-state index contributed by atoms with van der Waals surface area (Å²) in [5.41, 5.74) is 7.84. The molecule has 0 fully saturated rings. The molecule has 0 unspecified atom stereocenters. The minimum Gasteiger partial charge on any atom is -0.488 e. The smallest absolute Gasteiger partial charge is 0.269 e. The molecule has 0 saturated heterocycles. The molecule has 2 amide bonds. The molecular formula is C24H19FN4O3. The predicted molar refractivity (Wildman–Crippen MR) is 117 cm³/mol. The van der Waals surface area contributed by atoms with Crippen molar-refractivity contribution in [2.45, 2.75) is 6.61 Å². The second-order valence-corrected chi connectivity index (χ2v) is 6.92. The molecule has 0 saturated carbocycles. The van der Waals surface area contributed by atoms with Crippen LogP contribution in [-0.4, -0.2) is 21.6 Å². The number of nitrogens with one attached hydrogen (secondary N) is 1. The van der Waals surface area contributed by atoms with Crippen LogP contribution < -0.4 is 15.8 Å². The summed E-state index contributed by atoms with van der Waals surface area (Å²) in [5, 5.41) is 6.93. The fraction of sp³-hybridized carbons (Fsp3) is 0.0417. The van der Waals surface area contributed by atoms with Crippen molar-refractivity contribution in [2.75, 3.05) is 5.32 Å². The molecule has 0 atom stereocenters. The van der Waals surface area contributed by atoms with Crippen molar-refractivity contribution in [1.29, 1.82) is 0 Å². The van der Waals surface area contributed by atoms with Gasteiger partial charge in [0, 0.05) is 11.9 Å². The lowest BCUT2D eigenvalue weighted by Crippen LogP contribution is -2.14. The maximum Gasteiger partial charge on any atom is 0.269 e. The van der Waals surface area contributed by atoms with Gasteiger partial charge >= 0.3 is 0 Å². The zero-order valence-corrected chi connectivity index (χ0v) is 16.9. The van der Waals surface area contributed by atoms with Crippen LogP contribution in [0, 0.1) is 5.82 Å². The molecule has 0 aliphatic rings. The van der Waals surface area contributed by atoms with Crippen LogP contribution in [-0.2, 0) is 6.61 Å².